The molecule has 0 saturated heterocycles. The van der Waals surface area contributed by atoms with E-state index in [2.05, 4.69) is 11.9 Å². The average Bonchev–Trinajstić information content (AvgIpc) is 2.42. The van der Waals surface area contributed by atoms with Gasteiger partial charge in [0, 0.05) is 5.69 Å². The number of hydrogen-bond donors (Lipinski definition) is 1. The summed E-state index contributed by atoms with van der Waals surface area (Å²) in [5.41, 5.74) is 0.294. The largest absolute Gasteiger partial charge is 0.454 e. The summed E-state index contributed by atoms with van der Waals surface area (Å²) in [7, 11) is 0. The summed E-state index contributed by atoms with van der Waals surface area (Å²) in [6.07, 6.45) is 0.718. The van der Waals surface area contributed by atoms with Gasteiger partial charge in [0.05, 0.1) is 6.61 Å². The lowest BCUT2D eigenvalue weighted by atomic mass is 10.3. The molecule has 1 aromatic carbocycles. The Bertz CT molecular complexity index is 490. The van der Waals surface area contributed by atoms with Gasteiger partial charge in [-0.25, -0.2) is 9.18 Å². The Labute approximate surface area is 116 Å². The Morgan fingerprint density at radius 1 is 1.50 bits per heavy atom. The summed E-state index contributed by atoms with van der Waals surface area (Å²) < 4.78 is 22.7. The van der Waals surface area contributed by atoms with Crippen LogP contribution >= 0.6 is 0 Å². The summed E-state index contributed by atoms with van der Waals surface area (Å²) >= 11 is 0. The number of anilines is 1. The molecule has 0 aliphatic rings. The highest BCUT2D eigenvalue weighted by molar-refractivity contribution is 5.92. The predicted molar refractivity (Wildman–Crippen MR) is 71.6 cm³/mol. The highest BCUT2D eigenvalue weighted by atomic mass is 19.1. The minimum atomic E-state index is -0.782. The third-order valence-electron chi connectivity index (χ3n) is 2.25. The highest BCUT2D eigenvalue weighted by Gasteiger charge is 2.16. The van der Waals surface area contributed by atoms with Crippen LogP contribution in [0.1, 0.15) is 6.92 Å². The van der Waals surface area contributed by atoms with Gasteiger partial charge < -0.3 is 14.8 Å². The van der Waals surface area contributed by atoms with Crippen molar-refractivity contribution in [2.45, 2.75) is 13.0 Å². The van der Waals surface area contributed by atoms with E-state index in [1.165, 1.54) is 31.2 Å². The predicted octanol–water partition coefficient (Wildman–Crippen LogP) is 1.90. The van der Waals surface area contributed by atoms with Crippen molar-refractivity contribution >= 4 is 17.6 Å². The van der Waals surface area contributed by atoms with Crippen LogP contribution in [0.2, 0.25) is 0 Å². The highest BCUT2D eigenvalue weighted by Crippen LogP contribution is 2.08. The molecule has 5 nitrogen and oxygen atoms in total. The van der Waals surface area contributed by atoms with Crippen LogP contribution in [0.3, 0.4) is 0 Å². The lowest BCUT2D eigenvalue weighted by Crippen LogP contribution is -2.28. The zero-order chi connectivity index (χ0) is 15.0. The molecule has 1 rings (SSSR count). The van der Waals surface area contributed by atoms with Gasteiger partial charge >= 0.3 is 5.97 Å². The number of esters is 1. The molecule has 0 heterocycles. The molecule has 1 amide bonds. The quantitative estimate of drug-likeness (QED) is 0.612. The van der Waals surface area contributed by atoms with Crippen LogP contribution in [0, 0.1) is 5.82 Å². The number of carbonyl (C=O) groups excluding carboxylic acids is 2. The van der Waals surface area contributed by atoms with E-state index in [1.54, 1.807) is 0 Å². The molecular weight excluding hydrogens is 265 g/mol. The zero-order valence-electron chi connectivity index (χ0n) is 11.1. The van der Waals surface area contributed by atoms with Crippen molar-refractivity contribution in [3.63, 3.8) is 0 Å². The van der Waals surface area contributed by atoms with Gasteiger partial charge in [-0.05, 0) is 25.1 Å². The maximum Gasteiger partial charge on any atom is 0.335 e. The molecule has 108 valence electrons. The van der Waals surface area contributed by atoms with Gasteiger partial charge in [-0.3, -0.25) is 4.79 Å². The maximum atomic E-state index is 12.9. The monoisotopic (exact) mass is 281 g/mol. The Balaban J connectivity index is 2.36. The summed E-state index contributed by atoms with van der Waals surface area (Å²) in [6, 6.07) is 5.41. The molecule has 0 aliphatic heterocycles. The van der Waals surface area contributed by atoms with Crippen LogP contribution in [-0.4, -0.2) is 31.2 Å². The maximum absolute atomic E-state index is 12.9. The van der Waals surface area contributed by atoms with Crippen molar-refractivity contribution in [1.82, 2.24) is 0 Å². The number of halogens is 1. The molecule has 20 heavy (non-hydrogen) atoms. The van der Waals surface area contributed by atoms with Crippen molar-refractivity contribution in [1.29, 1.82) is 0 Å². The lowest BCUT2D eigenvalue weighted by molar-refractivity contribution is -0.157. The second-order valence-corrected chi connectivity index (χ2v) is 3.93. The van der Waals surface area contributed by atoms with E-state index in [-0.39, 0.29) is 6.61 Å². The van der Waals surface area contributed by atoms with Crippen molar-refractivity contribution < 1.29 is 23.5 Å². The fourth-order valence-corrected chi connectivity index (χ4v) is 1.30. The van der Waals surface area contributed by atoms with Crippen molar-refractivity contribution in [3.05, 3.63) is 42.7 Å². The first-order valence-corrected chi connectivity index (χ1v) is 5.97. The second kappa shape index (κ2) is 8.06. The minimum Gasteiger partial charge on any atom is -0.454 e. The first-order chi connectivity index (χ1) is 9.52. The number of rotatable bonds is 7. The molecule has 1 atom stereocenters. The molecule has 1 N–H and O–H groups in total. The summed E-state index contributed by atoms with van der Waals surface area (Å²) in [4.78, 5) is 22.9. The fraction of sp³-hybridized carbons (Fsp3) is 0.286. The summed E-state index contributed by atoms with van der Waals surface area (Å²) in [5.74, 6) is -1.67. The van der Waals surface area contributed by atoms with Gasteiger partial charge in [-0.1, -0.05) is 12.1 Å². The van der Waals surface area contributed by atoms with Gasteiger partial charge in [-0.15, -0.1) is 6.58 Å². The van der Waals surface area contributed by atoms with Crippen molar-refractivity contribution in [2.24, 2.45) is 0 Å². The van der Waals surface area contributed by atoms with Crippen molar-refractivity contribution in [3.8, 4) is 0 Å². The standard InChI is InChI=1S/C14H16FNO4/c1-3-7-19-10(2)14(18)20-9-13(17)16-12-6-4-5-11(15)8-12/h3-6,8,10H,1,7,9H2,2H3,(H,16,17). The number of benzene rings is 1. The van der Waals surface area contributed by atoms with Crippen LogP contribution in [0.25, 0.3) is 0 Å². The van der Waals surface area contributed by atoms with Crippen LogP contribution in [0.5, 0.6) is 0 Å². The molecule has 0 aromatic heterocycles. The van der Waals surface area contributed by atoms with Gasteiger partial charge in [0.1, 0.15) is 5.82 Å². The van der Waals surface area contributed by atoms with Crippen LogP contribution in [-0.2, 0) is 19.1 Å². The zero-order valence-corrected chi connectivity index (χ0v) is 11.1. The third kappa shape index (κ3) is 5.62. The van der Waals surface area contributed by atoms with E-state index >= 15 is 0 Å². The lowest BCUT2D eigenvalue weighted by Gasteiger charge is -2.11. The molecule has 0 aliphatic carbocycles. The van der Waals surface area contributed by atoms with Gasteiger partial charge in [0.2, 0.25) is 0 Å². The molecular formula is C14H16FNO4. The van der Waals surface area contributed by atoms with Gasteiger partial charge in [0.25, 0.3) is 5.91 Å². The molecule has 0 radical (unpaired) electrons. The van der Waals surface area contributed by atoms with E-state index in [0.717, 1.165) is 6.07 Å². The Morgan fingerprint density at radius 2 is 2.25 bits per heavy atom. The fourth-order valence-electron chi connectivity index (χ4n) is 1.30. The van der Waals surface area contributed by atoms with E-state index in [0.29, 0.717) is 5.69 Å². The number of amides is 1. The first kappa shape index (κ1) is 15.8. The van der Waals surface area contributed by atoms with Gasteiger partial charge in [-0.2, -0.15) is 0 Å². The van der Waals surface area contributed by atoms with E-state index < -0.39 is 30.4 Å². The first-order valence-electron chi connectivity index (χ1n) is 5.97. The Hall–Kier alpha value is -2.21. The van der Waals surface area contributed by atoms with E-state index in [9.17, 15) is 14.0 Å². The molecule has 0 saturated carbocycles. The topological polar surface area (TPSA) is 64.6 Å². The molecule has 0 fully saturated rings. The smallest absolute Gasteiger partial charge is 0.335 e. The molecule has 1 unspecified atom stereocenters. The Morgan fingerprint density at radius 3 is 2.90 bits per heavy atom. The molecule has 6 heteroatoms. The summed E-state index contributed by atoms with van der Waals surface area (Å²) in [5, 5.41) is 2.41. The SMILES string of the molecule is C=CCOC(C)C(=O)OCC(=O)Nc1cccc(F)c1. The minimum absolute atomic E-state index is 0.214. The number of carbonyl (C=O) groups is 2. The van der Waals surface area contributed by atoms with E-state index in [4.69, 9.17) is 9.47 Å². The molecule has 0 spiro atoms. The Kier molecular flexibility index (Phi) is 6.39. The third-order valence-corrected chi connectivity index (χ3v) is 2.25. The number of hydrogen-bond acceptors (Lipinski definition) is 4. The number of nitrogens with one attached hydrogen (secondary N) is 1. The summed E-state index contributed by atoms with van der Waals surface area (Å²) in [6.45, 7) is 4.71. The normalized spacial score (nSPS) is 11.5. The second-order valence-electron chi connectivity index (χ2n) is 3.93. The molecule has 0 bridgehead atoms. The number of ether oxygens (including phenoxy) is 2. The molecule has 1 aromatic rings. The van der Waals surface area contributed by atoms with Crippen molar-refractivity contribution in [2.75, 3.05) is 18.5 Å². The van der Waals surface area contributed by atoms with Crippen LogP contribution in [0.15, 0.2) is 36.9 Å². The van der Waals surface area contributed by atoms with Crippen LogP contribution in [0.4, 0.5) is 10.1 Å². The van der Waals surface area contributed by atoms with Gasteiger partial charge in [0.15, 0.2) is 12.7 Å². The van der Waals surface area contributed by atoms with E-state index in [1.807, 2.05) is 0 Å². The average molecular weight is 281 g/mol. The van der Waals surface area contributed by atoms with Crippen LogP contribution < -0.4 is 5.32 Å².